The number of fused-ring (bicyclic) bond motifs is 1. The van der Waals surface area contributed by atoms with Gasteiger partial charge in [0.05, 0.1) is 53.5 Å². The van der Waals surface area contributed by atoms with Crippen molar-refractivity contribution in [3.05, 3.63) is 41.2 Å². The number of hydrogen-bond donors (Lipinski definition) is 2. The standard InChI is InChI=1S/C24H27N7O4/c1-34-9-4-27-18-12-19(28-14-16(18)13-25)23-21(24(26)33)22-20(3-2-17(15-32)29-22)31(23)6-5-30-7-10-35-11-8-30/h2-3,12,14-15H,4-11H2,1H3,(H2,26,33)(H,27,28). The molecular formula is C24H27N7O4. The lowest BCUT2D eigenvalue weighted by atomic mass is 10.1. The second-order valence-electron chi connectivity index (χ2n) is 8.06. The molecule has 11 nitrogen and oxygen atoms in total. The molecule has 4 rings (SSSR count). The molecule has 1 amide bonds. The topological polar surface area (TPSA) is 148 Å². The van der Waals surface area contributed by atoms with Gasteiger partial charge < -0.3 is 25.1 Å². The lowest BCUT2D eigenvalue weighted by Gasteiger charge is -2.27. The van der Waals surface area contributed by atoms with E-state index in [0.29, 0.717) is 79.4 Å². The van der Waals surface area contributed by atoms with Crippen molar-refractivity contribution >= 4 is 28.9 Å². The zero-order valence-corrected chi connectivity index (χ0v) is 19.5. The van der Waals surface area contributed by atoms with Crippen LogP contribution in [0, 0.1) is 11.3 Å². The summed E-state index contributed by atoms with van der Waals surface area (Å²) in [5.74, 6) is -0.675. The highest BCUT2D eigenvalue weighted by Crippen LogP contribution is 2.34. The number of anilines is 1. The molecule has 0 bridgehead atoms. The van der Waals surface area contributed by atoms with Gasteiger partial charge in [0.2, 0.25) is 0 Å². The fraction of sp³-hybridized carbons (Fsp3) is 0.375. The fourth-order valence-corrected chi connectivity index (χ4v) is 4.21. The van der Waals surface area contributed by atoms with Gasteiger partial charge in [-0.1, -0.05) is 0 Å². The molecule has 11 heteroatoms. The number of methoxy groups -OCH3 is 1. The number of primary amides is 1. The van der Waals surface area contributed by atoms with Gasteiger partial charge in [-0.25, -0.2) is 4.98 Å². The van der Waals surface area contributed by atoms with E-state index in [1.54, 1.807) is 25.3 Å². The molecule has 0 atom stereocenters. The number of carbonyl (C=O) groups excluding carboxylic acids is 2. The van der Waals surface area contributed by atoms with E-state index in [1.807, 2.05) is 4.57 Å². The number of morpholine rings is 1. The number of hydrogen-bond acceptors (Lipinski definition) is 9. The Hall–Kier alpha value is -3.85. The van der Waals surface area contributed by atoms with Crippen LogP contribution in [-0.2, 0) is 16.0 Å². The number of aromatic nitrogens is 3. The summed E-state index contributed by atoms with van der Waals surface area (Å²) in [4.78, 5) is 35.3. The monoisotopic (exact) mass is 477 g/mol. The Kier molecular flexibility index (Phi) is 7.67. The summed E-state index contributed by atoms with van der Waals surface area (Å²) < 4.78 is 12.5. The van der Waals surface area contributed by atoms with E-state index in [1.165, 1.54) is 6.20 Å². The van der Waals surface area contributed by atoms with Crippen LogP contribution in [0.2, 0.25) is 0 Å². The Bertz CT molecular complexity index is 1280. The number of nitrogens with two attached hydrogens (primary N) is 1. The molecule has 0 saturated carbocycles. The third kappa shape index (κ3) is 5.14. The minimum absolute atomic E-state index is 0.186. The van der Waals surface area contributed by atoms with Crippen LogP contribution in [0.3, 0.4) is 0 Å². The van der Waals surface area contributed by atoms with E-state index < -0.39 is 5.91 Å². The molecule has 0 aromatic carbocycles. The quantitative estimate of drug-likeness (QED) is 0.325. The molecule has 1 saturated heterocycles. The van der Waals surface area contributed by atoms with E-state index in [-0.39, 0.29) is 11.3 Å². The molecule has 182 valence electrons. The van der Waals surface area contributed by atoms with Gasteiger partial charge in [0.1, 0.15) is 17.3 Å². The smallest absolute Gasteiger partial charge is 0.253 e. The second kappa shape index (κ2) is 11.1. The van der Waals surface area contributed by atoms with Crippen molar-refractivity contribution in [1.29, 1.82) is 5.26 Å². The van der Waals surface area contributed by atoms with Gasteiger partial charge in [-0.3, -0.25) is 19.5 Å². The maximum Gasteiger partial charge on any atom is 0.253 e. The number of ether oxygens (including phenoxy) is 2. The highest BCUT2D eigenvalue weighted by Gasteiger charge is 2.26. The molecule has 0 aliphatic carbocycles. The number of nitriles is 1. The fourth-order valence-electron chi connectivity index (χ4n) is 4.21. The van der Waals surface area contributed by atoms with Gasteiger partial charge in [0.25, 0.3) is 5.91 Å². The molecule has 1 aliphatic heterocycles. The average Bonchev–Trinajstić information content (AvgIpc) is 3.21. The number of nitrogens with zero attached hydrogens (tertiary/aromatic N) is 5. The lowest BCUT2D eigenvalue weighted by molar-refractivity contribution is 0.0366. The largest absolute Gasteiger partial charge is 0.383 e. The van der Waals surface area contributed by atoms with Crippen LogP contribution in [0.4, 0.5) is 5.69 Å². The molecule has 1 fully saturated rings. The van der Waals surface area contributed by atoms with Crippen molar-refractivity contribution in [3.8, 4) is 17.5 Å². The number of rotatable bonds is 10. The summed E-state index contributed by atoms with van der Waals surface area (Å²) in [5.41, 5.74) is 9.13. The maximum atomic E-state index is 12.7. The Morgan fingerprint density at radius 1 is 1.34 bits per heavy atom. The van der Waals surface area contributed by atoms with Gasteiger partial charge >= 0.3 is 0 Å². The van der Waals surface area contributed by atoms with Gasteiger partial charge in [0.15, 0.2) is 6.29 Å². The summed E-state index contributed by atoms with van der Waals surface area (Å²) in [6, 6.07) is 7.23. The Balaban J connectivity index is 1.87. The molecule has 3 aromatic rings. The minimum Gasteiger partial charge on any atom is -0.383 e. The highest BCUT2D eigenvalue weighted by molar-refractivity contribution is 6.11. The normalized spacial score (nSPS) is 14.1. The average molecular weight is 478 g/mol. The third-order valence-electron chi connectivity index (χ3n) is 5.93. The van der Waals surface area contributed by atoms with Crippen LogP contribution in [0.1, 0.15) is 26.4 Å². The molecule has 35 heavy (non-hydrogen) atoms. The summed E-state index contributed by atoms with van der Waals surface area (Å²) in [7, 11) is 1.59. The molecule has 3 aromatic heterocycles. The molecule has 1 aliphatic rings. The number of nitrogens with one attached hydrogen (secondary N) is 1. The first-order chi connectivity index (χ1) is 17.1. The summed E-state index contributed by atoms with van der Waals surface area (Å²) in [6.07, 6.45) is 2.09. The van der Waals surface area contributed by atoms with E-state index in [9.17, 15) is 14.9 Å². The minimum atomic E-state index is -0.675. The van der Waals surface area contributed by atoms with E-state index in [2.05, 4.69) is 26.3 Å². The van der Waals surface area contributed by atoms with Crippen molar-refractivity contribution in [2.75, 3.05) is 58.4 Å². The SMILES string of the molecule is COCCNc1cc(-c2c(C(N)=O)c3nc(C=O)ccc3n2CCN2CCOCC2)ncc1C#N. The van der Waals surface area contributed by atoms with Crippen molar-refractivity contribution in [2.24, 2.45) is 5.73 Å². The first kappa shape index (κ1) is 24.3. The Morgan fingerprint density at radius 2 is 2.14 bits per heavy atom. The van der Waals surface area contributed by atoms with Crippen molar-refractivity contribution in [1.82, 2.24) is 19.4 Å². The van der Waals surface area contributed by atoms with Crippen molar-refractivity contribution in [3.63, 3.8) is 0 Å². The van der Waals surface area contributed by atoms with Gasteiger partial charge in [-0.2, -0.15) is 5.26 Å². The molecule has 3 N–H and O–H groups in total. The predicted octanol–water partition coefficient (Wildman–Crippen LogP) is 1.27. The zero-order valence-electron chi connectivity index (χ0n) is 19.5. The molecule has 0 unspecified atom stereocenters. The third-order valence-corrected chi connectivity index (χ3v) is 5.93. The Morgan fingerprint density at radius 3 is 2.83 bits per heavy atom. The van der Waals surface area contributed by atoms with E-state index in [0.717, 1.165) is 13.1 Å². The van der Waals surface area contributed by atoms with Crippen LogP contribution < -0.4 is 11.1 Å². The number of carbonyl (C=O) groups is 2. The first-order valence-corrected chi connectivity index (χ1v) is 11.3. The molecule has 0 spiro atoms. The maximum absolute atomic E-state index is 12.7. The first-order valence-electron chi connectivity index (χ1n) is 11.3. The lowest BCUT2D eigenvalue weighted by Crippen LogP contribution is -2.38. The Labute approximate surface area is 202 Å². The summed E-state index contributed by atoms with van der Waals surface area (Å²) in [5, 5.41) is 12.7. The summed E-state index contributed by atoms with van der Waals surface area (Å²) in [6.45, 7) is 5.15. The number of amides is 1. The van der Waals surface area contributed by atoms with Crippen LogP contribution in [0.25, 0.3) is 22.4 Å². The predicted molar refractivity (Wildman–Crippen MR) is 129 cm³/mol. The molecule has 4 heterocycles. The highest BCUT2D eigenvalue weighted by atomic mass is 16.5. The van der Waals surface area contributed by atoms with Crippen LogP contribution in [0.5, 0.6) is 0 Å². The van der Waals surface area contributed by atoms with Gasteiger partial charge in [-0.05, 0) is 18.2 Å². The van der Waals surface area contributed by atoms with Gasteiger partial charge in [-0.15, -0.1) is 0 Å². The van der Waals surface area contributed by atoms with E-state index >= 15 is 0 Å². The summed E-state index contributed by atoms with van der Waals surface area (Å²) >= 11 is 0. The number of pyridine rings is 2. The van der Waals surface area contributed by atoms with Gasteiger partial charge in [0, 0.05) is 46.0 Å². The second-order valence-corrected chi connectivity index (χ2v) is 8.06. The number of aldehydes is 1. The molecule has 0 radical (unpaired) electrons. The van der Waals surface area contributed by atoms with Crippen LogP contribution in [-0.4, -0.2) is 84.7 Å². The molecular weight excluding hydrogens is 450 g/mol. The zero-order chi connectivity index (χ0) is 24.8. The van der Waals surface area contributed by atoms with Crippen LogP contribution >= 0.6 is 0 Å². The van der Waals surface area contributed by atoms with Crippen molar-refractivity contribution < 1.29 is 19.1 Å². The van der Waals surface area contributed by atoms with E-state index in [4.69, 9.17) is 15.2 Å². The van der Waals surface area contributed by atoms with Crippen molar-refractivity contribution in [2.45, 2.75) is 6.54 Å². The van der Waals surface area contributed by atoms with Crippen LogP contribution in [0.15, 0.2) is 24.4 Å².